The van der Waals surface area contributed by atoms with Gasteiger partial charge < -0.3 is 14.8 Å². The number of benzene rings is 2. The fraction of sp³-hybridized carbons (Fsp3) is 0.321. The summed E-state index contributed by atoms with van der Waals surface area (Å²) in [4.78, 5) is 7.01. The number of likely N-dealkylation sites (tertiary alicyclic amines) is 1. The molecule has 10 heteroatoms. The van der Waals surface area contributed by atoms with Crippen LogP contribution in [0.5, 0.6) is 0 Å². The Kier molecular flexibility index (Phi) is 5.80. The van der Waals surface area contributed by atoms with Gasteiger partial charge in [0.15, 0.2) is 11.6 Å². The van der Waals surface area contributed by atoms with E-state index >= 15 is 0 Å². The molecule has 1 N–H and O–H groups in total. The average Bonchev–Trinajstić information content (AvgIpc) is 3.66. The molecule has 5 heterocycles. The van der Waals surface area contributed by atoms with Gasteiger partial charge in [0, 0.05) is 49.7 Å². The van der Waals surface area contributed by atoms with Crippen molar-refractivity contribution in [3.8, 4) is 0 Å². The number of halogens is 1. The van der Waals surface area contributed by atoms with Crippen LogP contribution in [-0.2, 0) is 22.6 Å². The van der Waals surface area contributed by atoms with Gasteiger partial charge in [0.1, 0.15) is 17.7 Å². The van der Waals surface area contributed by atoms with Crippen LogP contribution in [0.2, 0.25) is 0 Å². The maximum atomic E-state index is 13.6. The highest BCUT2D eigenvalue weighted by molar-refractivity contribution is 5.85. The summed E-state index contributed by atoms with van der Waals surface area (Å²) in [6.07, 6.45) is 7.14. The summed E-state index contributed by atoms with van der Waals surface area (Å²) < 4.78 is 29.1. The van der Waals surface area contributed by atoms with Crippen molar-refractivity contribution < 1.29 is 13.9 Å². The molecule has 2 fully saturated rings. The standard InChI is InChI=1S/C28H28FN7O2/c29-23-3-1-2-20(14-23)17-36-25-5-4-24(15-22(25)16-31-36)33-27-26-21(6-9-35(26)32-19-30-27)18-34-10-7-28(8-11-34)37-12-13-38-28/h1-6,9,14-16,19H,7-8,10-13,17-18H2,(H,30,32,33). The molecule has 2 aliphatic heterocycles. The molecular formula is C28H28FN7O2. The highest BCUT2D eigenvalue weighted by Crippen LogP contribution is 2.33. The van der Waals surface area contributed by atoms with E-state index in [1.165, 1.54) is 17.7 Å². The highest BCUT2D eigenvalue weighted by atomic mass is 19.1. The van der Waals surface area contributed by atoms with Crippen molar-refractivity contribution in [1.82, 2.24) is 29.3 Å². The molecule has 0 amide bonds. The van der Waals surface area contributed by atoms with Gasteiger partial charge in [-0.05, 0) is 47.5 Å². The van der Waals surface area contributed by atoms with Gasteiger partial charge in [-0.1, -0.05) is 12.1 Å². The van der Waals surface area contributed by atoms with Gasteiger partial charge in [-0.15, -0.1) is 0 Å². The minimum absolute atomic E-state index is 0.243. The Hall–Kier alpha value is -3.86. The van der Waals surface area contributed by atoms with E-state index in [1.54, 1.807) is 12.4 Å². The zero-order valence-electron chi connectivity index (χ0n) is 20.9. The lowest BCUT2D eigenvalue weighted by atomic mass is 10.0. The van der Waals surface area contributed by atoms with Crippen molar-refractivity contribution in [2.45, 2.75) is 31.7 Å². The molecule has 2 saturated heterocycles. The molecule has 0 bridgehead atoms. The summed E-state index contributed by atoms with van der Waals surface area (Å²) in [5.41, 5.74) is 4.89. The van der Waals surface area contributed by atoms with Crippen LogP contribution in [0.15, 0.2) is 67.3 Å². The molecule has 2 aromatic carbocycles. The van der Waals surface area contributed by atoms with E-state index in [9.17, 15) is 4.39 Å². The van der Waals surface area contributed by atoms with Gasteiger partial charge >= 0.3 is 0 Å². The number of fused-ring (bicyclic) bond motifs is 2. The van der Waals surface area contributed by atoms with E-state index in [0.717, 1.165) is 66.0 Å². The lowest BCUT2D eigenvalue weighted by molar-refractivity contribution is -0.185. The van der Waals surface area contributed by atoms with Crippen LogP contribution < -0.4 is 5.32 Å². The number of ether oxygens (including phenoxy) is 2. The van der Waals surface area contributed by atoms with E-state index in [4.69, 9.17) is 9.47 Å². The Balaban J connectivity index is 1.11. The summed E-state index contributed by atoms with van der Waals surface area (Å²) >= 11 is 0. The van der Waals surface area contributed by atoms with Gasteiger partial charge in [-0.25, -0.2) is 13.9 Å². The second kappa shape index (κ2) is 9.46. The van der Waals surface area contributed by atoms with Crippen molar-refractivity contribution in [3.05, 3.63) is 84.2 Å². The molecule has 0 atom stereocenters. The first kappa shape index (κ1) is 23.3. The third kappa shape index (κ3) is 4.40. The highest BCUT2D eigenvalue weighted by Gasteiger charge is 2.39. The molecule has 0 aliphatic carbocycles. The fourth-order valence-corrected chi connectivity index (χ4v) is 5.55. The minimum atomic E-state index is -0.376. The van der Waals surface area contributed by atoms with Crippen molar-refractivity contribution in [3.63, 3.8) is 0 Å². The van der Waals surface area contributed by atoms with Crippen molar-refractivity contribution in [1.29, 1.82) is 0 Å². The van der Waals surface area contributed by atoms with Crippen molar-refractivity contribution in [2.24, 2.45) is 0 Å². The van der Waals surface area contributed by atoms with Gasteiger partial charge in [-0.2, -0.15) is 10.2 Å². The smallest absolute Gasteiger partial charge is 0.170 e. The van der Waals surface area contributed by atoms with Gasteiger partial charge in [0.05, 0.1) is 31.5 Å². The Morgan fingerprint density at radius 1 is 0.974 bits per heavy atom. The summed E-state index contributed by atoms with van der Waals surface area (Å²) in [7, 11) is 0. The van der Waals surface area contributed by atoms with E-state index in [0.29, 0.717) is 19.8 Å². The minimum Gasteiger partial charge on any atom is -0.347 e. The molecule has 9 nitrogen and oxygen atoms in total. The molecule has 194 valence electrons. The number of hydrogen-bond donors (Lipinski definition) is 1. The number of piperidine rings is 1. The first-order valence-electron chi connectivity index (χ1n) is 12.9. The Bertz CT molecular complexity index is 1600. The quantitative estimate of drug-likeness (QED) is 0.362. The van der Waals surface area contributed by atoms with Crippen LogP contribution in [0.4, 0.5) is 15.9 Å². The van der Waals surface area contributed by atoms with Crippen LogP contribution in [0, 0.1) is 5.82 Å². The zero-order valence-corrected chi connectivity index (χ0v) is 20.9. The number of anilines is 2. The predicted molar refractivity (Wildman–Crippen MR) is 141 cm³/mol. The summed E-state index contributed by atoms with van der Waals surface area (Å²) in [5.74, 6) is 0.133. The van der Waals surface area contributed by atoms with E-state index in [-0.39, 0.29) is 11.6 Å². The molecule has 3 aromatic heterocycles. The third-order valence-corrected chi connectivity index (χ3v) is 7.49. The fourth-order valence-electron chi connectivity index (χ4n) is 5.55. The van der Waals surface area contributed by atoms with Gasteiger partial charge in [0.25, 0.3) is 0 Å². The SMILES string of the molecule is Fc1cccc(Cn2ncc3cc(Nc4ncnn5ccc(CN6CCC7(CC6)OCCO7)c45)ccc32)c1. The van der Waals surface area contributed by atoms with Crippen LogP contribution >= 0.6 is 0 Å². The number of hydrogen-bond acceptors (Lipinski definition) is 7. The number of nitrogens with one attached hydrogen (secondary N) is 1. The molecule has 0 saturated carbocycles. The summed E-state index contributed by atoms with van der Waals surface area (Å²) in [5, 5.41) is 13.4. The predicted octanol–water partition coefficient (Wildman–Crippen LogP) is 4.35. The molecule has 38 heavy (non-hydrogen) atoms. The van der Waals surface area contributed by atoms with Crippen molar-refractivity contribution >= 4 is 27.9 Å². The van der Waals surface area contributed by atoms with E-state index in [2.05, 4.69) is 37.5 Å². The van der Waals surface area contributed by atoms with Crippen LogP contribution in [0.1, 0.15) is 24.0 Å². The maximum absolute atomic E-state index is 13.6. The molecule has 5 aromatic rings. The second-order valence-electron chi connectivity index (χ2n) is 9.96. The Morgan fingerprint density at radius 2 is 1.84 bits per heavy atom. The summed E-state index contributed by atoms with van der Waals surface area (Å²) in [6.45, 7) is 4.53. The molecule has 2 aliphatic rings. The average molecular weight is 514 g/mol. The molecule has 1 spiro atoms. The first-order valence-corrected chi connectivity index (χ1v) is 12.9. The molecule has 0 radical (unpaired) electrons. The van der Waals surface area contributed by atoms with Gasteiger partial charge in [0.2, 0.25) is 0 Å². The van der Waals surface area contributed by atoms with E-state index < -0.39 is 0 Å². The second-order valence-corrected chi connectivity index (χ2v) is 9.96. The Labute approximate surface area is 218 Å². The molecule has 0 unspecified atom stereocenters. The molecule has 7 rings (SSSR count). The van der Waals surface area contributed by atoms with Crippen LogP contribution in [0.25, 0.3) is 16.4 Å². The summed E-state index contributed by atoms with van der Waals surface area (Å²) in [6, 6.07) is 14.8. The third-order valence-electron chi connectivity index (χ3n) is 7.49. The monoisotopic (exact) mass is 513 g/mol. The number of nitrogens with zero attached hydrogens (tertiary/aromatic N) is 6. The first-order chi connectivity index (χ1) is 18.6. The normalized spacial score (nSPS) is 17.6. The van der Waals surface area contributed by atoms with Gasteiger partial charge in [-0.3, -0.25) is 9.58 Å². The number of aromatic nitrogens is 5. The number of rotatable bonds is 6. The topological polar surface area (TPSA) is 81.7 Å². The lowest BCUT2D eigenvalue weighted by Crippen LogP contribution is -2.44. The molecular weight excluding hydrogens is 485 g/mol. The maximum Gasteiger partial charge on any atom is 0.170 e. The van der Waals surface area contributed by atoms with Crippen molar-refractivity contribution in [2.75, 3.05) is 31.6 Å². The van der Waals surface area contributed by atoms with Crippen LogP contribution in [-0.4, -0.2) is 61.4 Å². The van der Waals surface area contributed by atoms with E-state index in [1.807, 2.05) is 39.8 Å². The largest absolute Gasteiger partial charge is 0.347 e. The lowest BCUT2D eigenvalue weighted by Gasteiger charge is -2.37. The van der Waals surface area contributed by atoms with Crippen LogP contribution in [0.3, 0.4) is 0 Å². The Morgan fingerprint density at radius 3 is 2.68 bits per heavy atom. The zero-order chi connectivity index (χ0) is 25.5.